The molecule has 4 nitrogen and oxygen atoms in total. The van der Waals surface area contributed by atoms with Crippen LogP contribution in [0.2, 0.25) is 0 Å². The molecule has 21 heavy (non-hydrogen) atoms. The van der Waals surface area contributed by atoms with E-state index in [1.54, 1.807) is 24.3 Å². The van der Waals surface area contributed by atoms with Crippen LogP contribution in [0.25, 0.3) is 0 Å². The Morgan fingerprint density at radius 3 is 2.19 bits per heavy atom. The summed E-state index contributed by atoms with van der Waals surface area (Å²) >= 11 is 0. The molecule has 2 rings (SSSR count). The lowest BCUT2D eigenvalue weighted by Crippen LogP contribution is -2.53. The molecule has 0 saturated heterocycles. The second-order valence-electron chi connectivity index (χ2n) is 5.70. The van der Waals surface area contributed by atoms with Crippen molar-refractivity contribution in [2.45, 2.75) is 38.6 Å². The molecule has 1 fully saturated rings. The zero-order valence-corrected chi connectivity index (χ0v) is 13.3. The molecule has 0 radical (unpaired) electrons. The first-order valence-corrected chi connectivity index (χ1v) is 7.16. The van der Waals surface area contributed by atoms with Gasteiger partial charge in [-0.25, -0.2) is 0 Å². The zero-order chi connectivity index (χ0) is 14.8. The van der Waals surface area contributed by atoms with Gasteiger partial charge < -0.3 is 11.1 Å². The molecule has 1 saturated carbocycles. The van der Waals surface area contributed by atoms with E-state index in [0.29, 0.717) is 30.0 Å². The monoisotopic (exact) mass is 310 g/mol. The molecular formula is C16H23ClN2O2. The molecule has 1 aliphatic carbocycles. The van der Waals surface area contributed by atoms with E-state index < -0.39 is 0 Å². The van der Waals surface area contributed by atoms with Gasteiger partial charge in [0.2, 0.25) is 0 Å². The molecule has 1 amide bonds. The molecule has 5 heteroatoms. The predicted molar refractivity (Wildman–Crippen MR) is 86.0 cm³/mol. The summed E-state index contributed by atoms with van der Waals surface area (Å²) in [6.07, 6.45) is 2.72. The fourth-order valence-corrected chi connectivity index (χ4v) is 2.38. The van der Waals surface area contributed by atoms with Crippen LogP contribution in [0, 0.1) is 5.92 Å². The number of nitrogens with two attached hydrogens (primary N) is 1. The van der Waals surface area contributed by atoms with Gasteiger partial charge in [0, 0.05) is 24.1 Å². The van der Waals surface area contributed by atoms with Crippen LogP contribution in [0.1, 0.15) is 53.8 Å². The lowest BCUT2D eigenvalue weighted by Gasteiger charge is -2.29. The summed E-state index contributed by atoms with van der Waals surface area (Å²) in [5.41, 5.74) is 6.69. The van der Waals surface area contributed by atoms with Gasteiger partial charge in [0.15, 0.2) is 5.78 Å². The summed E-state index contributed by atoms with van der Waals surface area (Å²) in [5, 5.41) is 3.04. The van der Waals surface area contributed by atoms with E-state index in [1.807, 2.05) is 13.8 Å². The normalized spacial score (nSPS) is 16.5. The molecule has 3 N–H and O–H groups in total. The second kappa shape index (κ2) is 7.05. The molecule has 1 aromatic carbocycles. The smallest absolute Gasteiger partial charge is 0.251 e. The SMILES string of the molecule is CCC(=O)c1ccc(C(=O)NC(C)(CN)C2CC2)cc1.Cl. The van der Waals surface area contributed by atoms with E-state index in [4.69, 9.17) is 5.73 Å². The highest BCUT2D eigenvalue weighted by Crippen LogP contribution is 2.39. The van der Waals surface area contributed by atoms with Crippen LogP contribution < -0.4 is 11.1 Å². The molecule has 0 bridgehead atoms. The van der Waals surface area contributed by atoms with Crippen molar-refractivity contribution >= 4 is 24.1 Å². The highest BCUT2D eigenvalue weighted by molar-refractivity contribution is 5.98. The van der Waals surface area contributed by atoms with Gasteiger partial charge in [-0.15, -0.1) is 12.4 Å². The molecule has 1 atom stereocenters. The number of hydrogen-bond donors (Lipinski definition) is 2. The Balaban J connectivity index is 0.00000220. The van der Waals surface area contributed by atoms with Gasteiger partial charge in [-0.1, -0.05) is 19.1 Å². The summed E-state index contributed by atoms with van der Waals surface area (Å²) in [5.74, 6) is 0.444. The number of ketones is 1. The van der Waals surface area contributed by atoms with E-state index in [1.165, 1.54) is 0 Å². The molecular weight excluding hydrogens is 288 g/mol. The molecule has 1 aliphatic rings. The molecule has 0 aliphatic heterocycles. The quantitative estimate of drug-likeness (QED) is 0.793. The Morgan fingerprint density at radius 2 is 1.76 bits per heavy atom. The first kappa shape index (κ1) is 17.7. The van der Waals surface area contributed by atoms with Crippen LogP contribution in [0.5, 0.6) is 0 Å². The van der Waals surface area contributed by atoms with E-state index in [9.17, 15) is 9.59 Å². The summed E-state index contributed by atoms with van der Waals surface area (Å²) in [6.45, 7) is 4.26. The average Bonchev–Trinajstić information content (AvgIpc) is 3.31. The van der Waals surface area contributed by atoms with Crippen molar-refractivity contribution in [3.8, 4) is 0 Å². The summed E-state index contributed by atoms with van der Waals surface area (Å²) in [7, 11) is 0. The largest absolute Gasteiger partial charge is 0.345 e. The Bertz CT molecular complexity index is 512. The average molecular weight is 311 g/mol. The van der Waals surface area contributed by atoms with Crippen LogP contribution in [0.4, 0.5) is 0 Å². The lowest BCUT2D eigenvalue weighted by atomic mass is 9.95. The van der Waals surface area contributed by atoms with Gasteiger partial charge in [0.25, 0.3) is 5.91 Å². The minimum atomic E-state index is -0.324. The fraction of sp³-hybridized carbons (Fsp3) is 0.500. The van der Waals surface area contributed by atoms with E-state index >= 15 is 0 Å². The first-order valence-electron chi connectivity index (χ1n) is 7.16. The summed E-state index contributed by atoms with van der Waals surface area (Å²) < 4.78 is 0. The van der Waals surface area contributed by atoms with Crippen molar-refractivity contribution in [3.63, 3.8) is 0 Å². The molecule has 0 spiro atoms. The van der Waals surface area contributed by atoms with Gasteiger partial charge in [-0.2, -0.15) is 0 Å². The van der Waals surface area contributed by atoms with Crippen molar-refractivity contribution < 1.29 is 9.59 Å². The van der Waals surface area contributed by atoms with Crippen molar-refractivity contribution in [2.75, 3.05) is 6.54 Å². The molecule has 1 aromatic rings. The number of carbonyl (C=O) groups excluding carboxylic acids is 2. The highest BCUT2D eigenvalue weighted by atomic mass is 35.5. The number of Topliss-reactive ketones (excluding diaryl/α,β-unsaturated/α-hetero) is 1. The van der Waals surface area contributed by atoms with Gasteiger partial charge in [-0.05, 0) is 37.8 Å². The highest BCUT2D eigenvalue weighted by Gasteiger charge is 2.41. The van der Waals surface area contributed by atoms with Crippen LogP contribution in [0.3, 0.4) is 0 Å². The summed E-state index contributed by atoms with van der Waals surface area (Å²) in [6, 6.07) is 6.80. The van der Waals surface area contributed by atoms with Crippen molar-refractivity contribution in [1.82, 2.24) is 5.32 Å². The maximum Gasteiger partial charge on any atom is 0.251 e. The number of amides is 1. The lowest BCUT2D eigenvalue weighted by molar-refractivity contribution is 0.0896. The van der Waals surface area contributed by atoms with Crippen molar-refractivity contribution in [3.05, 3.63) is 35.4 Å². The van der Waals surface area contributed by atoms with Crippen LogP contribution in [-0.4, -0.2) is 23.8 Å². The zero-order valence-electron chi connectivity index (χ0n) is 12.5. The van der Waals surface area contributed by atoms with E-state index in [0.717, 1.165) is 12.8 Å². The standard InChI is InChI=1S/C16H22N2O2.ClH/c1-3-14(19)11-4-6-12(7-5-11)15(20)18-16(2,10-17)13-8-9-13;/h4-7,13H,3,8-10,17H2,1-2H3,(H,18,20);1H. The van der Waals surface area contributed by atoms with E-state index in [2.05, 4.69) is 5.32 Å². The third-order valence-electron chi connectivity index (χ3n) is 4.09. The maximum atomic E-state index is 12.3. The van der Waals surface area contributed by atoms with Crippen LogP contribution >= 0.6 is 12.4 Å². The van der Waals surface area contributed by atoms with Crippen LogP contribution in [-0.2, 0) is 0 Å². The Kier molecular flexibility index (Phi) is 5.93. The first-order chi connectivity index (χ1) is 9.50. The number of hydrogen-bond acceptors (Lipinski definition) is 3. The third-order valence-corrected chi connectivity index (χ3v) is 4.09. The molecule has 1 unspecified atom stereocenters. The predicted octanol–water partition coefficient (Wildman–Crippen LogP) is 2.56. The van der Waals surface area contributed by atoms with Gasteiger partial charge in [0.05, 0.1) is 5.54 Å². The molecule has 0 aromatic heterocycles. The van der Waals surface area contributed by atoms with Gasteiger partial charge in [0.1, 0.15) is 0 Å². The fourth-order valence-electron chi connectivity index (χ4n) is 2.38. The Hall–Kier alpha value is -1.39. The van der Waals surface area contributed by atoms with E-state index in [-0.39, 0.29) is 29.6 Å². The maximum absolute atomic E-state index is 12.3. The number of rotatable bonds is 6. The van der Waals surface area contributed by atoms with Crippen molar-refractivity contribution in [1.29, 1.82) is 0 Å². The molecule has 0 heterocycles. The number of nitrogens with one attached hydrogen (secondary N) is 1. The molecule has 116 valence electrons. The number of carbonyl (C=O) groups is 2. The van der Waals surface area contributed by atoms with Crippen LogP contribution in [0.15, 0.2) is 24.3 Å². The number of halogens is 1. The topological polar surface area (TPSA) is 72.2 Å². The summed E-state index contributed by atoms with van der Waals surface area (Å²) in [4.78, 5) is 23.8. The second-order valence-corrected chi connectivity index (χ2v) is 5.70. The minimum Gasteiger partial charge on any atom is -0.345 e. The Morgan fingerprint density at radius 1 is 1.24 bits per heavy atom. The Labute approximate surface area is 131 Å². The number of benzene rings is 1. The minimum absolute atomic E-state index is 0. The van der Waals surface area contributed by atoms with Crippen molar-refractivity contribution in [2.24, 2.45) is 11.7 Å². The van der Waals surface area contributed by atoms with Gasteiger partial charge >= 0.3 is 0 Å². The third kappa shape index (κ3) is 4.05. The van der Waals surface area contributed by atoms with Gasteiger partial charge in [-0.3, -0.25) is 9.59 Å².